The Labute approximate surface area is 129 Å². The number of ether oxygens (including phenoxy) is 3. The Balaban J connectivity index is 2.95. The van der Waals surface area contributed by atoms with E-state index in [1.807, 2.05) is 0 Å². The van der Waals surface area contributed by atoms with Crippen LogP contribution in [0.25, 0.3) is 10.8 Å². The van der Waals surface area contributed by atoms with Crippen LogP contribution >= 0.6 is 22.6 Å². The van der Waals surface area contributed by atoms with Gasteiger partial charge in [0, 0.05) is 11.5 Å². The Bertz CT molecular complexity index is 681. The summed E-state index contributed by atoms with van der Waals surface area (Å²) >= 11 is 2.12. The van der Waals surface area contributed by atoms with E-state index in [1.54, 1.807) is 26.4 Å². The molecule has 5 nitrogen and oxygen atoms in total. The molecule has 20 heavy (non-hydrogen) atoms. The molecule has 0 aliphatic rings. The summed E-state index contributed by atoms with van der Waals surface area (Å²) in [5.74, 6) is 0.644. The Kier molecular flexibility index (Phi) is 4.22. The Hall–Kier alpha value is -1.70. The maximum atomic E-state index is 11.2. The zero-order valence-corrected chi connectivity index (χ0v) is 13.3. The predicted octanol–water partition coefficient (Wildman–Crippen LogP) is 3.17. The Morgan fingerprint density at radius 1 is 1.00 bits per heavy atom. The van der Waals surface area contributed by atoms with Gasteiger partial charge in [0.1, 0.15) is 17.2 Å². The molecule has 0 fully saturated rings. The first kappa shape index (κ1) is 14.7. The molecule has 2 aromatic carbocycles. The van der Waals surface area contributed by atoms with Crippen molar-refractivity contribution in [1.82, 2.24) is 0 Å². The van der Waals surface area contributed by atoms with E-state index in [-0.39, 0.29) is 5.56 Å². The van der Waals surface area contributed by atoms with Gasteiger partial charge in [-0.25, -0.2) is 4.79 Å². The van der Waals surface area contributed by atoms with E-state index in [1.165, 1.54) is 13.2 Å². The van der Waals surface area contributed by atoms with Crippen LogP contribution in [0.2, 0.25) is 0 Å². The molecule has 0 atom stereocenters. The minimum atomic E-state index is -1.01. The molecule has 0 bridgehead atoms. The van der Waals surface area contributed by atoms with Crippen LogP contribution in [0, 0.1) is 3.57 Å². The van der Waals surface area contributed by atoms with Crippen molar-refractivity contribution in [3.63, 3.8) is 0 Å². The van der Waals surface area contributed by atoms with Gasteiger partial charge in [-0.3, -0.25) is 0 Å². The van der Waals surface area contributed by atoms with Crippen molar-refractivity contribution in [3.8, 4) is 17.2 Å². The minimum absolute atomic E-state index is 0.155. The molecule has 0 heterocycles. The zero-order valence-electron chi connectivity index (χ0n) is 11.2. The highest BCUT2D eigenvalue weighted by Crippen LogP contribution is 2.42. The van der Waals surface area contributed by atoms with Crippen LogP contribution in [-0.2, 0) is 0 Å². The molecule has 0 aliphatic carbocycles. The van der Waals surface area contributed by atoms with E-state index < -0.39 is 5.97 Å². The fourth-order valence-corrected chi connectivity index (χ4v) is 2.83. The second-order valence-electron chi connectivity index (χ2n) is 4.00. The molecular formula is C14H13IO5. The van der Waals surface area contributed by atoms with E-state index in [0.29, 0.717) is 17.2 Å². The van der Waals surface area contributed by atoms with Crippen molar-refractivity contribution in [2.75, 3.05) is 21.3 Å². The van der Waals surface area contributed by atoms with Crippen molar-refractivity contribution < 1.29 is 24.1 Å². The third-order valence-electron chi connectivity index (χ3n) is 2.97. The number of methoxy groups -OCH3 is 3. The van der Waals surface area contributed by atoms with E-state index in [0.717, 1.165) is 14.3 Å². The van der Waals surface area contributed by atoms with E-state index >= 15 is 0 Å². The smallest absolute Gasteiger partial charge is 0.335 e. The summed E-state index contributed by atoms with van der Waals surface area (Å²) in [5.41, 5.74) is 0.155. The number of benzene rings is 2. The monoisotopic (exact) mass is 388 g/mol. The van der Waals surface area contributed by atoms with Crippen molar-refractivity contribution in [3.05, 3.63) is 27.3 Å². The van der Waals surface area contributed by atoms with Gasteiger partial charge in [-0.2, -0.15) is 0 Å². The lowest BCUT2D eigenvalue weighted by Gasteiger charge is -2.15. The molecule has 2 rings (SSSR count). The average Bonchev–Trinajstić information content (AvgIpc) is 2.46. The number of fused-ring (bicyclic) bond motifs is 1. The lowest BCUT2D eigenvalue weighted by molar-refractivity contribution is 0.0696. The van der Waals surface area contributed by atoms with Crippen LogP contribution < -0.4 is 14.2 Å². The van der Waals surface area contributed by atoms with Crippen LogP contribution in [0.15, 0.2) is 18.2 Å². The molecule has 0 radical (unpaired) electrons. The van der Waals surface area contributed by atoms with E-state index in [4.69, 9.17) is 14.2 Å². The van der Waals surface area contributed by atoms with Crippen LogP contribution in [0.5, 0.6) is 17.2 Å². The molecule has 0 unspecified atom stereocenters. The van der Waals surface area contributed by atoms with Gasteiger partial charge in [-0.15, -0.1) is 0 Å². The SMILES string of the molecule is COc1cc(OC)c2c(OC)cc(C(=O)O)cc2c1I. The van der Waals surface area contributed by atoms with Gasteiger partial charge in [-0.05, 0) is 34.7 Å². The molecule has 0 saturated carbocycles. The highest BCUT2D eigenvalue weighted by atomic mass is 127. The number of carboxylic acid groups (broad SMARTS) is 1. The summed E-state index contributed by atoms with van der Waals surface area (Å²) in [5, 5.41) is 10.6. The average molecular weight is 388 g/mol. The summed E-state index contributed by atoms with van der Waals surface area (Å²) in [6.07, 6.45) is 0. The van der Waals surface area contributed by atoms with E-state index in [2.05, 4.69) is 22.6 Å². The number of carbonyl (C=O) groups is 1. The summed E-state index contributed by atoms with van der Waals surface area (Å²) in [6, 6.07) is 4.83. The maximum Gasteiger partial charge on any atom is 0.335 e. The topological polar surface area (TPSA) is 65.0 Å². The largest absolute Gasteiger partial charge is 0.496 e. The van der Waals surface area contributed by atoms with Gasteiger partial charge in [0.05, 0.1) is 35.8 Å². The van der Waals surface area contributed by atoms with Crippen LogP contribution in [0.4, 0.5) is 0 Å². The maximum absolute atomic E-state index is 11.2. The second kappa shape index (κ2) is 5.74. The molecule has 0 aromatic heterocycles. The lowest BCUT2D eigenvalue weighted by atomic mass is 10.0. The molecule has 0 spiro atoms. The first-order valence-electron chi connectivity index (χ1n) is 5.69. The molecular weight excluding hydrogens is 375 g/mol. The fourth-order valence-electron chi connectivity index (χ4n) is 2.02. The van der Waals surface area contributed by atoms with Crippen molar-refractivity contribution in [2.24, 2.45) is 0 Å². The summed E-state index contributed by atoms with van der Waals surface area (Å²) < 4.78 is 16.8. The number of rotatable bonds is 4. The molecule has 0 saturated heterocycles. The molecule has 2 aromatic rings. The number of hydrogen-bond donors (Lipinski definition) is 1. The fraction of sp³-hybridized carbons (Fsp3) is 0.214. The third kappa shape index (κ3) is 2.35. The van der Waals surface area contributed by atoms with Crippen LogP contribution in [0.3, 0.4) is 0 Å². The van der Waals surface area contributed by atoms with Crippen molar-refractivity contribution in [1.29, 1.82) is 0 Å². The number of carboxylic acids is 1. The number of aromatic carboxylic acids is 1. The summed E-state index contributed by atoms with van der Waals surface area (Å²) in [4.78, 5) is 11.2. The Morgan fingerprint density at radius 2 is 1.55 bits per heavy atom. The van der Waals surface area contributed by atoms with Crippen molar-refractivity contribution >= 4 is 39.3 Å². The van der Waals surface area contributed by atoms with Crippen molar-refractivity contribution in [2.45, 2.75) is 0 Å². The zero-order chi connectivity index (χ0) is 14.9. The molecule has 1 N–H and O–H groups in total. The van der Waals surface area contributed by atoms with Gasteiger partial charge in [0.15, 0.2) is 0 Å². The van der Waals surface area contributed by atoms with E-state index in [9.17, 15) is 9.90 Å². The Morgan fingerprint density at radius 3 is 2.05 bits per heavy atom. The summed E-state index contributed by atoms with van der Waals surface area (Å²) in [6.45, 7) is 0. The highest BCUT2D eigenvalue weighted by molar-refractivity contribution is 14.1. The van der Waals surface area contributed by atoms with Gasteiger partial charge in [-0.1, -0.05) is 0 Å². The first-order valence-corrected chi connectivity index (χ1v) is 6.76. The number of halogens is 1. The van der Waals surface area contributed by atoms with Crippen LogP contribution in [-0.4, -0.2) is 32.4 Å². The lowest BCUT2D eigenvalue weighted by Crippen LogP contribution is -2.00. The van der Waals surface area contributed by atoms with Gasteiger partial charge >= 0.3 is 5.97 Å². The molecule has 0 amide bonds. The number of hydrogen-bond acceptors (Lipinski definition) is 4. The minimum Gasteiger partial charge on any atom is -0.496 e. The standard InChI is InChI=1S/C14H13IO5/c1-18-9-5-7(14(16)17)4-8-12(9)10(19-2)6-11(20-3)13(8)15/h4-6H,1-3H3,(H,16,17). The third-order valence-corrected chi connectivity index (χ3v) is 4.08. The highest BCUT2D eigenvalue weighted by Gasteiger charge is 2.18. The first-order chi connectivity index (χ1) is 9.53. The summed E-state index contributed by atoms with van der Waals surface area (Å²) in [7, 11) is 4.60. The normalized spacial score (nSPS) is 10.4. The van der Waals surface area contributed by atoms with Gasteiger partial charge < -0.3 is 19.3 Å². The predicted molar refractivity (Wildman–Crippen MR) is 83.3 cm³/mol. The van der Waals surface area contributed by atoms with Gasteiger partial charge in [0.25, 0.3) is 0 Å². The van der Waals surface area contributed by atoms with Crippen LogP contribution in [0.1, 0.15) is 10.4 Å². The molecule has 0 aliphatic heterocycles. The molecule has 6 heteroatoms. The van der Waals surface area contributed by atoms with Gasteiger partial charge in [0.2, 0.25) is 0 Å². The molecule has 106 valence electrons. The second-order valence-corrected chi connectivity index (χ2v) is 5.08. The quantitative estimate of drug-likeness (QED) is 0.816.